The van der Waals surface area contributed by atoms with Crippen LogP contribution in [0.1, 0.15) is 24.0 Å². The summed E-state index contributed by atoms with van der Waals surface area (Å²) < 4.78 is 60.2. The molecular formula is C25H27F4N3O2. The van der Waals surface area contributed by atoms with Gasteiger partial charge in [-0.15, -0.1) is 0 Å². The van der Waals surface area contributed by atoms with Crippen LogP contribution in [-0.2, 0) is 22.1 Å². The molecule has 2 saturated heterocycles. The van der Waals surface area contributed by atoms with Crippen molar-refractivity contribution in [2.45, 2.75) is 37.6 Å². The fourth-order valence-electron chi connectivity index (χ4n) is 5.38. The van der Waals surface area contributed by atoms with Gasteiger partial charge in [0.1, 0.15) is 5.82 Å². The Labute approximate surface area is 195 Å². The van der Waals surface area contributed by atoms with E-state index in [9.17, 15) is 22.4 Å². The predicted molar refractivity (Wildman–Crippen MR) is 120 cm³/mol. The highest BCUT2D eigenvalue weighted by molar-refractivity contribution is 5.82. The molecule has 1 amide bonds. The Morgan fingerprint density at radius 1 is 1.12 bits per heavy atom. The zero-order valence-electron chi connectivity index (χ0n) is 18.7. The highest BCUT2D eigenvalue weighted by Crippen LogP contribution is 2.40. The Hall–Kier alpha value is -2.81. The number of para-hydroxylation sites is 1. The van der Waals surface area contributed by atoms with E-state index in [4.69, 9.17) is 4.74 Å². The van der Waals surface area contributed by atoms with Gasteiger partial charge < -0.3 is 19.9 Å². The van der Waals surface area contributed by atoms with Gasteiger partial charge in [-0.2, -0.15) is 13.2 Å². The number of nitrogens with one attached hydrogen (secondary N) is 1. The van der Waals surface area contributed by atoms with Crippen molar-refractivity contribution in [3.63, 3.8) is 0 Å². The Balaban J connectivity index is 1.44. The number of nitrogens with zero attached hydrogens (tertiary/aromatic N) is 2. The molecule has 2 aromatic rings. The normalized spacial score (nSPS) is 24.5. The minimum absolute atomic E-state index is 0.0333. The summed E-state index contributed by atoms with van der Waals surface area (Å²) in [4.78, 5) is 17.2. The van der Waals surface area contributed by atoms with Crippen molar-refractivity contribution in [3.05, 3.63) is 59.4 Å². The van der Waals surface area contributed by atoms with Crippen LogP contribution in [0.15, 0.2) is 42.5 Å². The molecule has 5 rings (SSSR count). The number of alkyl halides is 3. The maximum atomic E-state index is 14.5. The molecule has 0 unspecified atom stereocenters. The Kier molecular flexibility index (Phi) is 6.14. The van der Waals surface area contributed by atoms with Gasteiger partial charge in [-0.25, -0.2) is 4.39 Å². The van der Waals surface area contributed by atoms with E-state index in [1.807, 2.05) is 9.80 Å². The van der Waals surface area contributed by atoms with Crippen LogP contribution in [0.4, 0.5) is 28.9 Å². The second kappa shape index (κ2) is 9.09. The van der Waals surface area contributed by atoms with Crippen molar-refractivity contribution >= 4 is 17.3 Å². The molecule has 34 heavy (non-hydrogen) atoms. The predicted octanol–water partition coefficient (Wildman–Crippen LogP) is 4.01. The number of hydrogen-bond acceptors (Lipinski definition) is 4. The molecule has 5 nitrogen and oxygen atoms in total. The first-order valence-electron chi connectivity index (χ1n) is 11.7. The Bertz CT molecular complexity index is 1050. The fourth-order valence-corrected chi connectivity index (χ4v) is 5.38. The number of carbonyl (C=O) groups is 1. The quantitative estimate of drug-likeness (QED) is 0.677. The molecule has 0 saturated carbocycles. The van der Waals surface area contributed by atoms with Crippen LogP contribution in [0.25, 0.3) is 0 Å². The van der Waals surface area contributed by atoms with Gasteiger partial charge in [0.2, 0.25) is 5.91 Å². The number of benzene rings is 2. The number of rotatable bonds is 4. The van der Waals surface area contributed by atoms with Crippen LogP contribution in [0.2, 0.25) is 0 Å². The van der Waals surface area contributed by atoms with E-state index in [2.05, 4.69) is 5.32 Å². The molecule has 3 aliphatic rings. The van der Waals surface area contributed by atoms with Crippen LogP contribution < -0.4 is 15.1 Å². The molecule has 0 bridgehead atoms. The molecule has 0 spiro atoms. The minimum Gasteiger partial charge on any atom is -0.376 e. The van der Waals surface area contributed by atoms with Crippen LogP contribution in [0.3, 0.4) is 0 Å². The number of halogens is 4. The Morgan fingerprint density at radius 2 is 1.94 bits per heavy atom. The number of hydrogen-bond donors (Lipinski definition) is 1. The molecule has 182 valence electrons. The molecule has 9 heteroatoms. The van der Waals surface area contributed by atoms with Crippen molar-refractivity contribution in [2.24, 2.45) is 5.92 Å². The molecule has 1 N–H and O–H groups in total. The average molecular weight is 478 g/mol. The molecule has 2 aromatic carbocycles. The summed E-state index contributed by atoms with van der Waals surface area (Å²) in [6, 6.07) is 9.99. The lowest BCUT2D eigenvalue weighted by Crippen LogP contribution is -2.61. The number of amides is 1. The monoisotopic (exact) mass is 477 g/mol. The van der Waals surface area contributed by atoms with Crippen molar-refractivity contribution in [3.8, 4) is 0 Å². The third kappa shape index (κ3) is 4.45. The largest absolute Gasteiger partial charge is 0.416 e. The van der Waals surface area contributed by atoms with Crippen molar-refractivity contribution in [2.75, 3.05) is 42.6 Å². The summed E-state index contributed by atoms with van der Waals surface area (Å²) in [5, 5.41) is 2.96. The summed E-state index contributed by atoms with van der Waals surface area (Å²) in [7, 11) is 0. The number of ether oxygens (including phenoxy) is 1. The third-order valence-electron chi connectivity index (χ3n) is 7.10. The van der Waals surface area contributed by atoms with Crippen molar-refractivity contribution in [1.82, 2.24) is 5.32 Å². The van der Waals surface area contributed by atoms with Crippen LogP contribution in [-0.4, -0.2) is 50.8 Å². The van der Waals surface area contributed by atoms with E-state index in [1.54, 1.807) is 18.2 Å². The lowest BCUT2D eigenvalue weighted by molar-refractivity contribution is -0.137. The number of carbonyl (C=O) groups excluding carboxylic acids is 1. The van der Waals surface area contributed by atoms with E-state index >= 15 is 0 Å². The standard InChI is InChI=1S/C25H27F4N3O2/c26-20-5-1-2-6-22(20)31-9-10-32-21-8-7-17(25(27,28)29)12-16(21)13-19(23(32)15-31)24(33)30-14-18-4-3-11-34-18/h1-2,5-8,12,18-19,23H,3-4,9-11,13-15H2,(H,30,33)/t18-,19+,23-/m0/s1. The first-order chi connectivity index (χ1) is 16.3. The van der Waals surface area contributed by atoms with Gasteiger partial charge in [-0.3, -0.25) is 4.79 Å². The number of piperazine rings is 1. The molecule has 2 fully saturated rings. The second-order valence-corrected chi connectivity index (χ2v) is 9.19. The molecule has 0 aromatic heterocycles. The van der Waals surface area contributed by atoms with Gasteiger partial charge in [-0.05, 0) is 55.2 Å². The average Bonchev–Trinajstić information content (AvgIpc) is 3.35. The molecule has 3 heterocycles. The number of fused-ring (bicyclic) bond motifs is 3. The third-order valence-corrected chi connectivity index (χ3v) is 7.10. The molecular weight excluding hydrogens is 450 g/mol. The summed E-state index contributed by atoms with van der Waals surface area (Å²) in [5.74, 6) is -1.10. The lowest BCUT2D eigenvalue weighted by Gasteiger charge is -2.49. The van der Waals surface area contributed by atoms with Gasteiger partial charge in [-0.1, -0.05) is 12.1 Å². The molecule has 0 radical (unpaired) electrons. The van der Waals surface area contributed by atoms with E-state index in [0.717, 1.165) is 25.0 Å². The second-order valence-electron chi connectivity index (χ2n) is 9.19. The van der Waals surface area contributed by atoms with Crippen molar-refractivity contribution < 1.29 is 27.1 Å². The highest BCUT2D eigenvalue weighted by Gasteiger charge is 2.43. The first-order valence-corrected chi connectivity index (χ1v) is 11.7. The SMILES string of the molecule is O=C(NC[C@@H]1CCCO1)[C@@H]1Cc2cc(C(F)(F)F)ccc2N2CCN(c3ccccc3F)C[C@@H]12. The molecule has 3 atom stereocenters. The van der Waals surface area contributed by atoms with Gasteiger partial charge in [0.25, 0.3) is 0 Å². The van der Waals surface area contributed by atoms with Gasteiger partial charge in [0.15, 0.2) is 0 Å². The summed E-state index contributed by atoms with van der Waals surface area (Å²) >= 11 is 0. The van der Waals surface area contributed by atoms with Crippen LogP contribution in [0, 0.1) is 11.7 Å². The minimum atomic E-state index is -4.45. The lowest BCUT2D eigenvalue weighted by atomic mass is 9.82. The van der Waals surface area contributed by atoms with E-state index in [-0.39, 0.29) is 30.3 Å². The zero-order valence-corrected chi connectivity index (χ0v) is 18.7. The van der Waals surface area contributed by atoms with E-state index in [1.165, 1.54) is 12.1 Å². The maximum Gasteiger partial charge on any atom is 0.416 e. The number of anilines is 2. The topological polar surface area (TPSA) is 44.8 Å². The van der Waals surface area contributed by atoms with Gasteiger partial charge >= 0.3 is 6.18 Å². The van der Waals surface area contributed by atoms with E-state index < -0.39 is 17.7 Å². The van der Waals surface area contributed by atoms with Crippen molar-refractivity contribution in [1.29, 1.82) is 0 Å². The summed E-state index contributed by atoms with van der Waals surface area (Å²) in [5.41, 5.74) is 0.990. The smallest absolute Gasteiger partial charge is 0.376 e. The Morgan fingerprint density at radius 3 is 2.68 bits per heavy atom. The maximum absolute atomic E-state index is 14.5. The van der Waals surface area contributed by atoms with Crippen LogP contribution >= 0.6 is 0 Å². The fraction of sp³-hybridized carbons (Fsp3) is 0.480. The molecule has 0 aliphatic carbocycles. The first kappa shape index (κ1) is 23.0. The summed E-state index contributed by atoms with van der Waals surface area (Å²) in [6.07, 6.45) is -2.46. The van der Waals surface area contributed by atoms with Gasteiger partial charge in [0.05, 0.1) is 29.3 Å². The molecule has 3 aliphatic heterocycles. The summed E-state index contributed by atoms with van der Waals surface area (Å²) in [6.45, 7) is 2.44. The zero-order chi connectivity index (χ0) is 23.9. The van der Waals surface area contributed by atoms with E-state index in [0.29, 0.717) is 49.7 Å². The van der Waals surface area contributed by atoms with Crippen LogP contribution in [0.5, 0.6) is 0 Å². The highest BCUT2D eigenvalue weighted by atomic mass is 19.4. The van der Waals surface area contributed by atoms with Gasteiger partial charge in [0, 0.05) is 38.5 Å².